The zero-order valence-electron chi connectivity index (χ0n) is 30.1. The topological polar surface area (TPSA) is 63.6 Å². The highest BCUT2D eigenvalue weighted by Gasteiger charge is 2.13. The molecule has 46 heavy (non-hydrogen) atoms. The Bertz CT molecular complexity index is 820. The largest absolute Gasteiger partial charge is 0.481 e. The number of rotatable bonds is 34. The molecule has 0 aromatic heterocycles. The molecule has 0 amide bonds. The molecule has 0 saturated carbocycles. The highest BCUT2D eigenvalue weighted by molar-refractivity contribution is 5.69. The molecule has 0 aromatic carbocycles. The average molecular weight is 641 g/mol. The van der Waals surface area contributed by atoms with Crippen LogP contribution in [0.5, 0.6) is 0 Å². The zero-order valence-corrected chi connectivity index (χ0v) is 30.1. The molecule has 264 valence electrons. The van der Waals surface area contributed by atoms with Gasteiger partial charge in [-0.1, -0.05) is 164 Å². The van der Waals surface area contributed by atoms with Gasteiger partial charge in [0.15, 0.2) is 0 Å². The summed E-state index contributed by atoms with van der Waals surface area (Å²) in [5, 5.41) is 8.66. The molecule has 1 unspecified atom stereocenters. The van der Waals surface area contributed by atoms with Crippen LogP contribution in [0.2, 0.25) is 0 Å². The van der Waals surface area contributed by atoms with Crippen molar-refractivity contribution < 1.29 is 19.4 Å². The number of allylic oxidation sites excluding steroid dienone is 10. The van der Waals surface area contributed by atoms with Gasteiger partial charge in [-0.25, -0.2) is 0 Å². The first kappa shape index (κ1) is 43.6. The molecular weight excluding hydrogens is 568 g/mol. The van der Waals surface area contributed by atoms with E-state index < -0.39 is 5.97 Å². The van der Waals surface area contributed by atoms with E-state index >= 15 is 0 Å². The van der Waals surface area contributed by atoms with Crippen molar-refractivity contribution in [1.29, 1.82) is 0 Å². The van der Waals surface area contributed by atoms with E-state index in [9.17, 15) is 9.59 Å². The second kappa shape index (κ2) is 37.1. The number of ether oxygens (including phenoxy) is 1. The number of esters is 1. The summed E-state index contributed by atoms with van der Waals surface area (Å²) in [5.74, 6) is -0.691. The molecule has 0 fully saturated rings. The van der Waals surface area contributed by atoms with Gasteiger partial charge in [0.2, 0.25) is 0 Å². The second-order valence-electron chi connectivity index (χ2n) is 12.7. The highest BCUT2D eigenvalue weighted by atomic mass is 16.5. The Kier molecular flexibility index (Phi) is 35.2. The third-order valence-corrected chi connectivity index (χ3v) is 8.25. The van der Waals surface area contributed by atoms with Crippen LogP contribution in [-0.4, -0.2) is 23.1 Å². The summed E-state index contributed by atoms with van der Waals surface area (Å²) in [6.45, 7) is 4.36. The summed E-state index contributed by atoms with van der Waals surface area (Å²) in [5.41, 5.74) is 0. The first-order chi connectivity index (χ1) is 22.6. The van der Waals surface area contributed by atoms with Gasteiger partial charge in [-0.3, -0.25) is 9.59 Å². The van der Waals surface area contributed by atoms with Crippen LogP contribution >= 0.6 is 0 Å². The quantitative estimate of drug-likeness (QED) is 0.0432. The number of unbranched alkanes of at least 4 members (excludes halogenated alkanes) is 15. The van der Waals surface area contributed by atoms with Crippen molar-refractivity contribution in [2.45, 2.75) is 193 Å². The molecule has 0 radical (unpaired) electrons. The molecule has 0 saturated heterocycles. The minimum Gasteiger partial charge on any atom is -0.481 e. The lowest BCUT2D eigenvalue weighted by Gasteiger charge is -2.17. The Balaban J connectivity index is 3.77. The van der Waals surface area contributed by atoms with Crippen LogP contribution in [0.25, 0.3) is 0 Å². The van der Waals surface area contributed by atoms with Gasteiger partial charge in [-0.15, -0.1) is 0 Å². The molecule has 0 spiro atoms. The second-order valence-corrected chi connectivity index (χ2v) is 12.7. The SMILES string of the molecule is CC/C=C\C/C=C\C/C=C\C/C=C\C/C=C\CCCC(=O)OC(CCCC)CCCCCCCCCCCCCCCCC(=O)O. The van der Waals surface area contributed by atoms with Crippen molar-refractivity contribution in [2.75, 3.05) is 0 Å². The van der Waals surface area contributed by atoms with E-state index in [4.69, 9.17) is 9.84 Å². The van der Waals surface area contributed by atoms with Crippen LogP contribution in [-0.2, 0) is 14.3 Å². The predicted octanol–water partition coefficient (Wildman–Crippen LogP) is 13.3. The molecule has 4 nitrogen and oxygen atoms in total. The van der Waals surface area contributed by atoms with Crippen LogP contribution in [0.1, 0.15) is 187 Å². The zero-order chi connectivity index (χ0) is 33.6. The number of hydrogen-bond donors (Lipinski definition) is 1. The van der Waals surface area contributed by atoms with Gasteiger partial charge in [-0.2, -0.15) is 0 Å². The number of carboxylic acid groups (broad SMARTS) is 1. The van der Waals surface area contributed by atoms with E-state index in [1.165, 1.54) is 70.6 Å². The highest BCUT2D eigenvalue weighted by Crippen LogP contribution is 2.17. The Morgan fingerprint density at radius 3 is 1.37 bits per heavy atom. The Hall–Kier alpha value is -2.36. The standard InChI is InChI=1S/C42H72O4/c1-3-5-7-8-9-10-11-12-13-14-15-20-23-26-29-32-35-39-42(45)46-40(36-6-4-2)37-33-30-27-24-21-18-16-17-19-22-25-28-31-34-38-41(43)44/h5,7,9-10,12-13,15,20,26,29,40H,3-4,6,8,11,14,16-19,21-25,27-28,30-39H2,1-2H3,(H,43,44)/b7-5-,10-9-,13-12-,20-15-,29-26-. The minimum atomic E-state index is -0.670. The fourth-order valence-corrected chi connectivity index (χ4v) is 5.44. The van der Waals surface area contributed by atoms with E-state index in [0.717, 1.165) is 89.9 Å². The van der Waals surface area contributed by atoms with Gasteiger partial charge in [0.05, 0.1) is 0 Å². The predicted molar refractivity (Wildman–Crippen MR) is 199 cm³/mol. The molecule has 0 aromatic rings. The van der Waals surface area contributed by atoms with Crippen molar-refractivity contribution in [1.82, 2.24) is 0 Å². The summed E-state index contributed by atoms with van der Waals surface area (Å²) in [6.07, 6.45) is 51.4. The van der Waals surface area contributed by atoms with Crippen LogP contribution in [0.3, 0.4) is 0 Å². The van der Waals surface area contributed by atoms with Gasteiger partial charge in [0.1, 0.15) is 6.10 Å². The van der Waals surface area contributed by atoms with Crippen LogP contribution < -0.4 is 0 Å². The lowest BCUT2D eigenvalue weighted by Crippen LogP contribution is -2.18. The van der Waals surface area contributed by atoms with Gasteiger partial charge in [-0.05, 0) is 70.6 Å². The van der Waals surface area contributed by atoms with Crippen LogP contribution in [0, 0.1) is 0 Å². The van der Waals surface area contributed by atoms with E-state index in [1.54, 1.807) is 0 Å². The molecular formula is C42H72O4. The monoisotopic (exact) mass is 641 g/mol. The van der Waals surface area contributed by atoms with Gasteiger partial charge in [0, 0.05) is 12.8 Å². The molecule has 0 aliphatic carbocycles. The Labute approximate surface area is 284 Å². The Morgan fingerprint density at radius 2 is 0.913 bits per heavy atom. The van der Waals surface area contributed by atoms with E-state index in [2.05, 4.69) is 74.6 Å². The minimum absolute atomic E-state index is 0.0216. The van der Waals surface area contributed by atoms with Crippen molar-refractivity contribution in [3.63, 3.8) is 0 Å². The maximum absolute atomic E-state index is 12.5. The molecule has 0 aliphatic heterocycles. The van der Waals surface area contributed by atoms with Crippen molar-refractivity contribution >= 4 is 11.9 Å². The normalized spacial score (nSPS) is 12.9. The number of carbonyl (C=O) groups is 2. The third-order valence-electron chi connectivity index (χ3n) is 8.25. The maximum atomic E-state index is 12.5. The van der Waals surface area contributed by atoms with E-state index in [-0.39, 0.29) is 12.1 Å². The molecule has 1 atom stereocenters. The average Bonchev–Trinajstić information content (AvgIpc) is 3.04. The lowest BCUT2D eigenvalue weighted by atomic mass is 10.0. The molecule has 0 rings (SSSR count). The fraction of sp³-hybridized carbons (Fsp3) is 0.714. The summed E-state index contributed by atoms with van der Waals surface area (Å²) in [7, 11) is 0. The Morgan fingerprint density at radius 1 is 0.500 bits per heavy atom. The van der Waals surface area contributed by atoms with Crippen molar-refractivity contribution in [2.24, 2.45) is 0 Å². The lowest BCUT2D eigenvalue weighted by molar-refractivity contribution is -0.150. The molecule has 0 bridgehead atoms. The molecule has 0 aliphatic rings. The van der Waals surface area contributed by atoms with Gasteiger partial charge < -0.3 is 9.84 Å². The third kappa shape index (κ3) is 36.1. The number of carbonyl (C=O) groups excluding carboxylic acids is 1. The van der Waals surface area contributed by atoms with Gasteiger partial charge in [0.25, 0.3) is 0 Å². The molecule has 1 N–H and O–H groups in total. The molecule has 0 heterocycles. The van der Waals surface area contributed by atoms with E-state index in [0.29, 0.717) is 12.8 Å². The number of carboxylic acids is 1. The number of hydrogen-bond acceptors (Lipinski definition) is 3. The first-order valence-corrected chi connectivity index (χ1v) is 19.3. The summed E-state index contributed by atoms with van der Waals surface area (Å²) < 4.78 is 5.90. The fourth-order valence-electron chi connectivity index (χ4n) is 5.44. The van der Waals surface area contributed by atoms with Crippen molar-refractivity contribution in [3.05, 3.63) is 60.8 Å². The summed E-state index contributed by atoms with van der Waals surface area (Å²) in [4.78, 5) is 23.0. The van der Waals surface area contributed by atoms with Crippen LogP contribution in [0.15, 0.2) is 60.8 Å². The van der Waals surface area contributed by atoms with Crippen molar-refractivity contribution in [3.8, 4) is 0 Å². The number of aliphatic carboxylic acids is 1. The molecule has 4 heteroatoms. The first-order valence-electron chi connectivity index (χ1n) is 19.3. The van der Waals surface area contributed by atoms with Gasteiger partial charge >= 0.3 is 11.9 Å². The smallest absolute Gasteiger partial charge is 0.306 e. The van der Waals surface area contributed by atoms with Crippen LogP contribution in [0.4, 0.5) is 0 Å². The maximum Gasteiger partial charge on any atom is 0.306 e. The summed E-state index contributed by atoms with van der Waals surface area (Å²) >= 11 is 0. The van der Waals surface area contributed by atoms with E-state index in [1.807, 2.05) is 0 Å². The summed E-state index contributed by atoms with van der Waals surface area (Å²) in [6, 6.07) is 0.